The van der Waals surface area contributed by atoms with E-state index < -0.39 is 10.0 Å². The molecule has 2 aliphatic rings. The van der Waals surface area contributed by atoms with E-state index in [-0.39, 0.29) is 9.74 Å². The van der Waals surface area contributed by atoms with E-state index in [2.05, 4.69) is 15.9 Å². The largest absolute Gasteiger partial charge is 0.303 e. The van der Waals surface area contributed by atoms with Crippen LogP contribution in [0.2, 0.25) is 0 Å². The number of benzene rings is 1. The Bertz CT molecular complexity index is 658. The molecule has 6 heteroatoms. The molecular formula is C14H16BrNO3S. The fourth-order valence-electron chi connectivity index (χ4n) is 2.94. The molecular weight excluding hydrogens is 342 g/mol. The maximum atomic E-state index is 12.6. The lowest BCUT2D eigenvalue weighted by Crippen LogP contribution is -2.44. The van der Waals surface area contributed by atoms with Crippen molar-refractivity contribution >= 4 is 32.2 Å². The third-order valence-corrected chi connectivity index (χ3v) is 7.66. The van der Waals surface area contributed by atoms with Gasteiger partial charge in [0.05, 0.1) is 9.22 Å². The van der Waals surface area contributed by atoms with Crippen molar-refractivity contribution in [3.05, 3.63) is 29.8 Å². The van der Waals surface area contributed by atoms with E-state index in [4.69, 9.17) is 0 Å². The molecule has 108 valence electrons. The number of halogens is 1. The summed E-state index contributed by atoms with van der Waals surface area (Å²) in [5.74, 6) is 0. The molecule has 1 aliphatic heterocycles. The molecule has 1 heterocycles. The minimum atomic E-state index is -3.47. The van der Waals surface area contributed by atoms with Crippen LogP contribution in [0.15, 0.2) is 29.2 Å². The number of hydrogen-bond acceptors (Lipinski definition) is 3. The highest BCUT2D eigenvalue weighted by molar-refractivity contribution is 9.10. The van der Waals surface area contributed by atoms with E-state index in [1.54, 1.807) is 24.3 Å². The smallest absolute Gasteiger partial charge is 0.243 e. The molecule has 4 nitrogen and oxygen atoms in total. The molecule has 1 saturated heterocycles. The average molecular weight is 358 g/mol. The Morgan fingerprint density at radius 3 is 2.50 bits per heavy atom. The van der Waals surface area contributed by atoms with Crippen LogP contribution >= 0.6 is 15.9 Å². The number of fused-ring (bicyclic) bond motifs is 1. The van der Waals surface area contributed by atoms with Crippen LogP contribution < -0.4 is 0 Å². The second-order valence-corrected chi connectivity index (χ2v) is 9.27. The molecule has 0 bridgehead atoms. The van der Waals surface area contributed by atoms with Gasteiger partial charge in [0.1, 0.15) is 6.29 Å². The van der Waals surface area contributed by atoms with Gasteiger partial charge in [-0.15, -0.1) is 0 Å². The number of aldehydes is 1. The summed E-state index contributed by atoms with van der Waals surface area (Å²) in [6, 6.07) is 6.88. The van der Waals surface area contributed by atoms with Crippen molar-refractivity contribution in [2.24, 2.45) is 5.41 Å². The van der Waals surface area contributed by atoms with Gasteiger partial charge in [0.25, 0.3) is 0 Å². The van der Waals surface area contributed by atoms with Crippen molar-refractivity contribution in [2.45, 2.75) is 29.0 Å². The number of sulfonamides is 1. The first-order valence-electron chi connectivity index (χ1n) is 6.55. The van der Waals surface area contributed by atoms with Gasteiger partial charge < -0.3 is 4.79 Å². The molecule has 1 saturated carbocycles. The highest BCUT2D eigenvalue weighted by atomic mass is 79.9. The maximum absolute atomic E-state index is 12.6. The van der Waals surface area contributed by atoms with Gasteiger partial charge in [0.2, 0.25) is 10.0 Å². The van der Waals surface area contributed by atoms with Gasteiger partial charge in [-0.1, -0.05) is 33.6 Å². The third kappa shape index (κ3) is 1.96. The van der Waals surface area contributed by atoms with E-state index in [1.807, 2.05) is 6.92 Å². The molecule has 0 spiro atoms. The van der Waals surface area contributed by atoms with E-state index in [9.17, 15) is 13.2 Å². The third-order valence-electron chi connectivity index (χ3n) is 4.48. The standard InChI is InChI=1S/C14H16BrNO3S/c1-11-2-4-12(5-3-11)20(18,19)16-7-6-13(10-17)8-14(13,15)9-16/h2-5,10H,6-9H2,1H3/t13-,14+/m0/s1. The first-order valence-corrected chi connectivity index (χ1v) is 8.78. The number of carbonyl (C=O) groups excluding carboxylic acids is 1. The Morgan fingerprint density at radius 2 is 1.95 bits per heavy atom. The Hall–Kier alpha value is -0.720. The lowest BCUT2D eigenvalue weighted by molar-refractivity contribution is -0.113. The minimum Gasteiger partial charge on any atom is -0.303 e. The summed E-state index contributed by atoms with van der Waals surface area (Å²) in [5.41, 5.74) is 0.675. The number of alkyl halides is 1. The molecule has 0 radical (unpaired) electrons. The van der Waals surface area contributed by atoms with Gasteiger partial charge in [-0.2, -0.15) is 4.31 Å². The van der Waals surface area contributed by atoms with Gasteiger partial charge in [-0.25, -0.2) is 8.42 Å². The number of aryl methyl sites for hydroxylation is 1. The van der Waals surface area contributed by atoms with Crippen molar-refractivity contribution in [1.82, 2.24) is 4.31 Å². The van der Waals surface area contributed by atoms with Crippen LogP contribution in [0.25, 0.3) is 0 Å². The summed E-state index contributed by atoms with van der Waals surface area (Å²) in [4.78, 5) is 11.5. The molecule has 0 unspecified atom stereocenters. The van der Waals surface area contributed by atoms with Crippen LogP contribution in [0.5, 0.6) is 0 Å². The molecule has 1 aliphatic carbocycles. The van der Waals surface area contributed by atoms with Crippen LogP contribution in [0, 0.1) is 12.3 Å². The van der Waals surface area contributed by atoms with Crippen LogP contribution in [-0.2, 0) is 14.8 Å². The Kier molecular flexibility index (Phi) is 3.12. The molecule has 2 atom stereocenters. The number of hydrogen-bond donors (Lipinski definition) is 0. The van der Waals surface area contributed by atoms with E-state index >= 15 is 0 Å². The minimum absolute atomic E-state index is 0.318. The Morgan fingerprint density at radius 1 is 1.30 bits per heavy atom. The molecule has 20 heavy (non-hydrogen) atoms. The van der Waals surface area contributed by atoms with Crippen molar-refractivity contribution in [2.75, 3.05) is 13.1 Å². The molecule has 0 aromatic heterocycles. The SMILES string of the molecule is Cc1ccc(S(=O)(=O)N2CC[C@@]3(C=O)C[C@@]3(Br)C2)cc1. The second kappa shape index (κ2) is 4.39. The van der Waals surface area contributed by atoms with Crippen molar-refractivity contribution < 1.29 is 13.2 Å². The summed E-state index contributed by atoms with van der Waals surface area (Å²) < 4.78 is 26.4. The summed E-state index contributed by atoms with van der Waals surface area (Å²) >= 11 is 3.56. The zero-order valence-corrected chi connectivity index (χ0v) is 13.6. The Balaban J connectivity index is 1.87. The number of rotatable bonds is 3. The molecule has 1 aromatic rings. The zero-order chi connectivity index (χ0) is 14.6. The van der Waals surface area contributed by atoms with Crippen LogP contribution in [0.4, 0.5) is 0 Å². The summed E-state index contributed by atoms with van der Waals surface area (Å²) in [5, 5.41) is 0. The number of nitrogens with zero attached hydrogens (tertiary/aromatic N) is 1. The fourth-order valence-corrected chi connectivity index (χ4v) is 5.70. The molecule has 0 amide bonds. The van der Waals surface area contributed by atoms with Gasteiger partial charge >= 0.3 is 0 Å². The first-order chi connectivity index (χ1) is 9.33. The highest BCUT2D eigenvalue weighted by Gasteiger charge is 2.69. The first kappa shape index (κ1) is 14.2. The quantitative estimate of drug-likeness (QED) is 0.614. The van der Waals surface area contributed by atoms with Gasteiger partial charge in [-0.3, -0.25) is 0 Å². The van der Waals surface area contributed by atoms with E-state index in [1.165, 1.54) is 4.31 Å². The van der Waals surface area contributed by atoms with Crippen LogP contribution in [-0.4, -0.2) is 36.4 Å². The predicted molar refractivity (Wildman–Crippen MR) is 79.3 cm³/mol. The molecule has 3 rings (SSSR count). The summed E-state index contributed by atoms with van der Waals surface area (Å²) in [7, 11) is -3.47. The van der Waals surface area contributed by atoms with Crippen molar-refractivity contribution in [1.29, 1.82) is 0 Å². The lowest BCUT2D eigenvalue weighted by atomic mass is 9.98. The average Bonchev–Trinajstić information content (AvgIpc) is 3.05. The lowest BCUT2D eigenvalue weighted by Gasteiger charge is -2.32. The van der Waals surface area contributed by atoms with Crippen LogP contribution in [0.3, 0.4) is 0 Å². The highest BCUT2D eigenvalue weighted by Crippen LogP contribution is 2.65. The van der Waals surface area contributed by atoms with Crippen LogP contribution in [0.1, 0.15) is 18.4 Å². The molecule has 2 fully saturated rings. The fraction of sp³-hybridized carbons (Fsp3) is 0.500. The van der Waals surface area contributed by atoms with Gasteiger partial charge in [0, 0.05) is 18.5 Å². The van der Waals surface area contributed by atoms with E-state index in [0.717, 1.165) is 18.3 Å². The summed E-state index contributed by atoms with van der Waals surface area (Å²) in [6.07, 6.45) is 2.30. The zero-order valence-electron chi connectivity index (χ0n) is 11.2. The van der Waals surface area contributed by atoms with Gasteiger partial charge in [0.15, 0.2) is 0 Å². The normalized spacial score (nSPS) is 33.5. The van der Waals surface area contributed by atoms with Crippen molar-refractivity contribution in [3.63, 3.8) is 0 Å². The maximum Gasteiger partial charge on any atom is 0.243 e. The van der Waals surface area contributed by atoms with Gasteiger partial charge in [-0.05, 0) is 31.9 Å². The number of piperidine rings is 1. The second-order valence-electron chi connectivity index (χ2n) is 5.82. The Labute approximate surface area is 127 Å². The monoisotopic (exact) mass is 357 g/mol. The van der Waals surface area contributed by atoms with Crippen molar-refractivity contribution in [3.8, 4) is 0 Å². The molecule has 0 N–H and O–H groups in total. The predicted octanol–water partition coefficient (Wildman–Crippen LogP) is 2.11. The molecule has 1 aromatic carbocycles. The summed E-state index contributed by atoms with van der Waals surface area (Å²) in [6.45, 7) is 2.69. The topological polar surface area (TPSA) is 54.5 Å². The number of carbonyl (C=O) groups is 1. The van der Waals surface area contributed by atoms with E-state index in [0.29, 0.717) is 24.4 Å².